The molecular formula is C18H21F2N3O. The molecule has 1 heterocycles. The van der Waals surface area contributed by atoms with Crippen LogP contribution in [0.5, 0.6) is 0 Å². The number of nitrogens with one attached hydrogen (secondary N) is 1. The molecule has 1 aromatic heterocycles. The maximum absolute atomic E-state index is 13.8. The van der Waals surface area contributed by atoms with E-state index < -0.39 is 11.6 Å². The second-order valence-electron chi connectivity index (χ2n) is 6.63. The largest absolute Gasteiger partial charge is 0.352 e. The highest BCUT2D eigenvalue weighted by Crippen LogP contribution is 2.48. The third-order valence-corrected chi connectivity index (χ3v) is 4.43. The maximum atomic E-state index is 13.8. The van der Waals surface area contributed by atoms with E-state index in [1.54, 1.807) is 0 Å². The van der Waals surface area contributed by atoms with Crippen LogP contribution in [0.25, 0.3) is 0 Å². The molecule has 4 nitrogen and oxygen atoms in total. The third kappa shape index (κ3) is 3.47. The molecule has 1 fully saturated rings. The molecule has 0 radical (unpaired) electrons. The van der Waals surface area contributed by atoms with E-state index in [2.05, 4.69) is 10.4 Å². The van der Waals surface area contributed by atoms with Gasteiger partial charge in [0.1, 0.15) is 11.6 Å². The van der Waals surface area contributed by atoms with Gasteiger partial charge in [0.2, 0.25) is 5.91 Å². The molecule has 3 rings (SSSR count). The van der Waals surface area contributed by atoms with Crippen molar-refractivity contribution in [3.05, 3.63) is 52.9 Å². The van der Waals surface area contributed by atoms with Gasteiger partial charge < -0.3 is 5.32 Å². The Morgan fingerprint density at radius 1 is 1.38 bits per heavy atom. The van der Waals surface area contributed by atoms with E-state index in [1.165, 1.54) is 12.1 Å². The number of aryl methyl sites for hydroxylation is 2. The lowest BCUT2D eigenvalue weighted by atomic mass is 10.1. The first-order valence-corrected chi connectivity index (χ1v) is 8.11. The van der Waals surface area contributed by atoms with Crippen LogP contribution >= 0.6 is 0 Å². The summed E-state index contributed by atoms with van der Waals surface area (Å²) in [6.45, 7) is 6.42. The van der Waals surface area contributed by atoms with Crippen molar-refractivity contribution in [2.75, 3.05) is 0 Å². The first-order chi connectivity index (χ1) is 11.3. The molecule has 0 aliphatic heterocycles. The lowest BCUT2D eigenvalue weighted by Crippen LogP contribution is -2.37. The van der Waals surface area contributed by atoms with E-state index in [0.717, 1.165) is 17.5 Å². The Hall–Kier alpha value is -2.24. The lowest BCUT2D eigenvalue weighted by molar-refractivity contribution is -0.123. The predicted octanol–water partition coefficient (Wildman–Crippen LogP) is 3.09. The van der Waals surface area contributed by atoms with E-state index in [0.29, 0.717) is 18.5 Å². The van der Waals surface area contributed by atoms with Gasteiger partial charge in [-0.1, -0.05) is 6.07 Å². The minimum Gasteiger partial charge on any atom is -0.352 e. The molecule has 24 heavy (non-hydrogen) atoms. The van der Waals surface area contributed by atoms with Crippen molar-refractivity contribution in [3.63, 3.8) is 0 Å². The van der Waals surface area contributed by atoms with Crippen LogP contribution < -0.4 is 5.32 Å². The van der Waals surface area contributed by atoms with Crippen molar-refractivity contribution < 1.29 is 13.6 Å². The molecule has 3 atom stereocenters. The SMILES string of the molecule is Cc1cc(C)n(C[C@H](C)NC(=O)[C@@H]2C[C@@H]2c2ccc(F)cc2F)n1. The Bertz CT molecular complexity index is 772. The number of halogens is 2. The topological polar surface area (TPSA) is 46.9 Å². The fourth-order valence-electron chi connectivity index (χ4n) is 3.15. The van der Waals surface area contributed by atoms with Gasteiger partial charge in [0.25, 0.3) is 0 Å². The van der Waals surface area contributed by atoms with Gasteiger partial charge in [-0.05, 0) is 50.8 Å². The molecule has 1 N–H and O–H groups in total. The van der Waals surface area contributed by atoms with Crippen molar-refractivity contribution in [2.45, 2.75) is 45.7 Å². The Kier molecular flexibility index (Phi) is 4.39. The van der Waals surface area contributed by atoms with E-state index in [9.17, 15) is 13.6 Å². The zero-order valence-electron chi connectivity index (χ0n) is 14.0. The summed E-state index contributed by atoms with van der Waals surface area (Å²) in [5.74, 6) is -1.67. The molecular weight excluding hydrogens is 312 g/mol. The molecule has 1 aliphatic carbocycles. The van der Waals surface area contributed by atoms with Crippen molar-refractivity contribution in [3.8, 4) is 0 Å². The van der Waals surface area contributed by atoms with Crippen LogP contribution in [-0.4, -0.2) is 21.7 Å². The molecule has 0 unspecified atom stereocenters. The fourth-order valence-corrected chi connectivity index (χ4v) is 3.15. The van der Waals surface area contributed by atoms with E-state index in [4.69, 9.17) is 0 Å². The molecule has 1 aromatic carbocycles. The fraction of sp³-hybridized carbons (Fsp3) is 0.444. The van der Waals surface area contributed by atoms with Crippen molar-refractivity contribution in [1.82, 2.24) is 15.1 Å². The van der Waals surface area contributed by atoms with Gasteiger partial charge in [-0.15, -0.1) is 0 Å². The second kappa shape index (κ2) is 6.34. The highest BCUT2D eigenvalue weighted by atomic mass is 19.1. The number of carbonyl (C=O) groups is 1. The van der Waals surface area contributed by atoms with Crippen LogP contribution in [0.15, 0.2) is 24.3 Å². The quantitative estimate of drug-likeness (QED) is 0.914. The van der Waals surface area contributed by atoms with Crippen molar-refractivity contribution in [2.24, 2.45) is 5.92 Å². The van der Waals surface area contributed by atoms with Crippen molar-refractivity contribution >= 4 is 5.91 Å². The number of nitrogens with zero attached hydrogens (tertiary/aromatic N) is 2. The van der Waals surface area contributed by atoms with Gasteiger partial charge in [-0.3, -0.25) is 9.48 Å². The maximum Gasteiger partial charge on any atom is 0.224 e. The molecule has 0 bridgehead atoms. The zero-order chi connectivity index (χ0) is 17.4. The van der Waals surface area contributed by atoms with Gasteiger partial charge >= 0.3 is 0 Å². The molecule has 1 saturated carbocycles. The number of hydrogen-bond donors (Lipinski definition) is 1. The van der Waals surface area contributed by atoms with E-state index in [1.807, 2.05) is 31.5 Å². The number of rotatable bonds is 5. The summed E-state index contributed by atoms with van der Waals surface area (Å²) in [5, 5.41) is 7.34. The standard InChI is InChI=1S/C18H21F2N3O/c1-10-6-12(3)23(22-10)9-11(2)21-18(24)16-8-15(16)14-5-4-13(19)7-17(14)20/h4-7,11,15-16H,8-9H2,1-3H3,(H,21,24)/t11-,15+,16+/m0/s1. The van der Waals surface area contributed by atoms with Crippen LogP contribution in [0, 0.1) is 31.4 Å². The first-order valence-electron chi connectivity index (χ1n) is 8.11. The van der Waals surface area contributed by atoms with Gasteiger partial charge in [0, 0.05) is 23.7 Å². The number of hydrogen-bond acceptors (Lipinski definition) is 2. The van der Waals surface area contributed by atoms with E-state index in [-0.39, 0.29) is 23.8 Å². The summed E-state index contributed by atoms with van der Waals surface area (Å²) in [7, 11) is 0. The minimum atomic E-state index is -0.601. The van der Waals surface area contributed by atoms with Gasteiger partial charge in [-0.2, -0.15) is 5.10 Å². The molecule has 128 valence electrons. The summed E-state index contributed by atoms with van der Waals surface area (Å²) >= 11 is 0. The first kappa shape index (κ1) is 16.6. The Balaban J connectivity index is 1.57. The molecule has 6 heteroatoms. The second-order valence-corrected chi connectivity index (χ2v) is 6.63. The smallest absolute Gasteiger partial charge is 0.224 e. The molecule has 0 saturated heterocycles. The molecule has 2 aromatic rings. The summed E-state index contributed by atoms with van der Waals surface area (Å²) in [4.78, 5) is 12.3. The summed E-state index contributed by atoms with van der Waals surface area (Å²) in [6, 6.07) is 5.45. The van der Waals surface area contributed by atoms with Crippen LogP contribution in [0.1, 0.15) is 36.2 Å². The lowest BCUT2D eigenvalue weighted by Gasteiger charge is -2.15. The molecule has 0 spiro atoms. The highest BCUT2D eigenvalue weighted by Gasteiger charge is 2.45. The Labute approximate surface area is 139 Å². The number of amides is 1. The normalized spacial score (nSPS) is 20.7. The van der Waals surface area contributed by atoms with Crippen molar-refractivity contribution in [1.29, 1.82) is 0 Å². The van der Waals surface area contributed by atoms with Gasteiger partial charge in [0.05, 0.1) is 12.2 Å². The predicted molar refractivity (Wildman–Crippen MR) is 86.5 cm³/mol. The van der Waals surface area contributed by atoms with Crippen LogP contribution in [0.2, 0.25) is 0 Å². The highest BCUT2D eigenvalue weighted by molar-refractivity contribution is 5.83. The Morgan fingerprint density at radius 3 is 2.75 bits per heavy atom. The number of carbonyl (C=O) groups excluding carboxylic acids is 1. The number of aromatic nitrogens is 2. The summed E-state index contributed by atoms with van der Waals surface area (Å²) in [6.07, 6.45) is 0.598. The summed E-state index contributed by atoms with van der Waals surface area (Å²) in [5.41, 5.74) is 2.41. The molecule has 1 amide bonds. The van der Waals surface area contributed by atoms with Crippen LogP contribution in [0.3, 0.4) is 0 Å². The third-order valence-electron chi connectivity index (χ3n) is 4.43. The molecule has 1 aliphatic rings. The zero-order valence-corrected chi connectivity index (χ0v) is 14.0. The van der Waals surface area contributed by atoms with E-state index >= 15 is 0 Å². The monoisotopic (exact) mass is 333 g/mol. The Morgan fingerprint density at radius 2 is 2.12 bits per heavy atom. The minimum absolute atomic E-state index is 0.0742. The average molecular weight is 333 g/mol. The number of benzene rings is 1. The van der Waals surface area contributed by atoms with Gasteiger partial charge in [0.15, 0.2) is 0 Å². The summed E-state index contributed by atoms with van der Waals surface area (Å²) < 4.78 is 28.6. The van der Waals surface area contributed by atoms with Gasteiger partial charge in [-0.25, -0.2) is 8.78 Å². The average Bonchev–Trinajstić information content (AvgIpc) is 3.20. The van der Waals surface area contributed by atoms with Crippen LogP contribution in [0.4, 0.5) is 8.78 Å². The van der Waals surface area contributed by atoms with Crippen LogP contribution in [-0.2, 0) is 11.3 Å².